The SMILES string of the molecule is Nc1[nH]cc(-c2ccccc2)c1-c1cccc2ccccc12. The molecule has 22 heavy (non-hydrogen) atoms. The van der Waals surface area contributed by atoms with E-state index >= 15 is 0 Å². The Hall–Kier alpha value is -3.00. The summed E-state index contributed by atoms with van der Waals surface area (Å²) in [4.78, 5) is 3.18. The molecule has 0 bridgehead atoms. The molecule has 0 saturated heterocycles. The summed E-state index contributed by atoms with van der Waals surface area (Å²) >= 11 is 0. The predicted molar refractivity (Wildman–Crippen MR) is 93.6 cm³/mol. The largest absolute Gasteiger partial charge is 0.385 e. The molecule has 106 valence electrons. The van der Waals surface area contributed by atoms with Crippen molar-refractivity contribution in [1.29, 1.82) is 0 Å². The number of hydrogen-bond donors (Lipinski definition) is 2. The van der Waals surface area contributed by atoms with E-state index in [1.165, 1.54) is 16.3 Å². The predicted octanol–water partition coefficient (Wildman–Crippen LogP) is 5.08. The number of aromatic nitrogens is 1. The second-order valence-electron chi connectivity index (χ2n) is 5.38. The molecule has 0 aliphatic carbocycles. The summed E-state index contributed by atoms with van der Waals surface area (Å²) in [6, 6.07) is 25.1. The highest BCUT2D eigenvalue weighted by atomic mass is 14.8. The highest BCUT2D eigenvalue weighted by Gasteiger charge is 2.14. The molecular weight excluding hydrogens is 268 g/mol. The zero-order chi connectivity index (χ0) is 14.9. The lowest BCUT2D eigenvalue weighted by molar-refractivity contribution is 1.41. The number of benzene rings is 3. The molecule has 1 aromatic heterocycles. The van der Waals surface area contributed by atoms with Gasteiger partial charge in [0.15, 0.2) is 0 Å². The Labute approximate surface area is 129 Å². The van der Waals surface area contributed by atoms with Crippen LogP contribution >= 0.6 is 0 Å². The zero-order valence-corrected chi connectivity index (χ0v) is 12.1. The molecule has 0 aliphatic rings. The quantitative estimate of drug-likeness (QED) is 0.529. The maximum absolute atomic E-state index is 6.25. The number of nitrogen functional groups attached to an aromatic ring is 1. The summed E-state index contributed by atoms with van der Waals surface area (Å²) in [5, 5.41) is 2.44. The van der Waals surface area contributed by atoms with E-state index in [-0.39, 0.29) is 0 Å². The molecule has 0 aliphatic heterocycles. The summed E-state index contributed by atoms with van der Waals surface area (Å²) in [5.74, 6) is 0.704. The van der Waals surface area contributed by atoms with Gasteiger partial charge in [0.05, 0.1) is 0 Å². The van der Waals surface area contributed by atoms with Crippen molar-refractivity contribution in [1.82, 2.24) is 4.98 Å². The van der Waals surface area contributed by atoms with Gasteiger partial charge in [-0.3, -0.25) is 0 Å². The number of H-pyrrole nitrogens is 1. The van der Waals surface area contributed by atoms with Crippen molar-refractivity contribution >= 4 is 16.6 Å². The highest BCUT2D eigenvalue weighted by Crippen LogP contribution is 2.39. The van der Waals surface area contributed by atoms with Gasteiger partial charge in [-0.1, -0.05) is 72.8 Å². The minimum Gasteiger partial charge on any atom is -0.385 e. The van der Waals surface area contributed by atoms with Crippen LogP contribution in [0.15, 0.2) is 79.0 Å². The lowest BCUT2D eigenvalue weighted by Gasteiger charge is -2.09. The minimum atomic E-state index is 0.704. The lowest BCUT2D eigenvalue weighted by Crippen LogP contribution is -1.90. The standard InChI is InChI=1S/C20H16N2/c21-20-19(18(13-22-20)15-7-2-1-3-8-15)17-12-6-10-14-9-4-5-11-16(14)17/h1-13,22H,21H2. The molecule has 2 heteroatoms. The first-order valence-electron chi connectivity index (χ1n) is 7.35. The maximum atomic E-state index is 6.25. The second kappa shape index (κ2) is 5.08. The van der Waals surface area contributed by atoms with Crippen molar-refractivity contribution in [2.24, 2.45) is 0 Å². The fourth-order valence-electron chi connectivity index (χ4n) is 3.02. The summed E-state index contributed by atoms with van der Waals surface area (Å²) in [7, 11) is 0. The van der Waals surface area contributed by atoms with Gasteiger partial charge in [0.2, 0.25) is 0 Å². The van der Waals surface area contributed by atoms with Gasteiger partial charge in [-0.05, 0) is 21.9 Å². The number of hydrogen-bond acceptors (Lipinski definition) is 1. The molecule has 0 amide bonds. The van der Waals surface area contributed by atoms with Gasteiger partial charge in [-0.15, -0.1) is 0 Å². The lowest BCUT2D eigenvalue weighted by atomic mass is 9.94. The Bertz CT molecular complexity index is 931. The average molecular weight is 284 g/mol. The van der Waals surface area contributed by atoms with E-state index in [9.17, 15) is 0 Å². The van der Waals surface area contributed by atoms with E-state index < -0.39 is 0 Å². The Morgan fingerprint density at radius 2 is 1.41 bits per heavy atom. The van der Waals surface area contributed by atoms with E-state index in [0.29, 0.717) is 5.82 Å². The second-order valence-corrected chi connectivity index (χ2v) is 5.38. The van der Waals surface area contributed by atoms with Crippen molar-refractivity contribution in [3.63, 3.8) is 0 Å². The minimum absolute atomic E-state index is 0.704. The van der Waals surface area contributed by atoms with Crippen LogP contribution in [0.2, 0.25) is 0 Å². The summed E-state index contributed by atoms with van der Waals surface area (Å²) in [5.41, 5.74) is 10.8. The molecule has 0 atom stereocenters. The first-order valence-corrected chi connectivity index (χ1v) is 7.35. The van der Waals surface area contributed by atoms with Gasteiger partial charge in [0, 0.05) is 17.3 Å². The van der Waals surface area contributed by atoms with Crippen LogP contribution in [0.1, 0.15) is 0 Å². The normalized spacial score (nSPS) is 10.9. The number of fused-ring (bicyclic) bond motifs is 1. The van der Waals surface area contributed by atoms with Crippen LogP contribution in [0.4, 0.5) is 5.82 Å². The van der Waals surface area contributed by atoms with Crippen LogP contribution < -0.4 is 5.73 Å². The van der Waals surface area contributed by atoms with E-state index in [1.54, 1.807) is 0 Å². The van der Waals surface area contributed by atoms with Crippen molar-refractivity contribution in [3.05, 3.63) is 79.0 Å². The Morgan fingerprint density at radius 1 is 0.682 bits per heavy atom. The fraction of sp³-hybridized carbons (Fsp3) is 0. The summed E-state index contributed by atoms with van der Waals surface area (Å²) < 4.78 is 0. The van der Waals surface area contributed by atoms with Gasteiger partial charge >= 0.3 is 0 Å². The van der Waals surface area contributed by atoms with Crippen LogP contribution in [-0.2, 0) is 0 Å². The summed E-state index contributed by atoms with van der Waals surface area (Å²) in [6.07, 6.45) is 1.99. The molecule has 3 aromatic carbocycles. The van der Waals surface area contributed by atoms with Gasteiger partial charge in [-0.2, -0.15) is 0 Å². The topological polar surface area (TPSA) is 41.8 Å². The van der Waals surface area contributed by atoms with Crippen molar-refractivity contribution in [3.8, 4) is 22.3 Å². The van der Waals surface area contributed by atoms with E-state index in [0.717, 1.165) is 16.7 Å². The van der Waals surface area contributed by atoms with Crippen molar-refractivity contribution in [2.45, 2.75) is 0 Å². The monoisotopic (exact) mass is 284 g/mol. The average Bonchev–Trinajstić information content (AvgIpc) is 2.96. The molecule has 2 nitrogen and oxygen atoms in total. The van der Waals surface area contributed by atoms with Crippen LogP contribution in [0.25, 0.3) is 33.0 Å². The van der Waals surface area contributed by atoms with Crippen LogP contribution in [0.3, 0.4) is 0 Å². The Balaban J connectivity index is 2.02. The number of rotatable bonds is 2. The van der Waals surface area contributed by atoms with Gasteiger partial charge in [-0.25, -0.2) is 0 Å². The molecule has 0 spiro atoms. The number of anilines is 1. The van der Waals surface area contributed by atoms with Crippen LogP contribution in [0.5, 0.6) is 0 Å². The Kier molecular flexibility index (Phi) is 2.94. The maximum Gasteiger partial charge on any atom is 0.109 e. The first-order chi connectivity index (χ1) is 10.8. The molecule has 0 unspecified atom stereocenters. The van der Waals surface area contributed by atoms with E-state index in [4.69, 9.17) is 5.73 Å². The van der Waals surface area contributed by atoms with Crippen molar-refractivity contribution < 1.29 is 0 Å². The third kappa shape index (κ3) is 1.97. The zero-order valence-electron chi connectivity index (χ0n) is 12.1. The molecule has 4 rings (SSSR count). The molecule has 0 radical (unpaired) electrons. The van der Waals surface area contributed by atoms with Crippen molar-refractivity contribution in [2.75, 3.05) is 5.73 Å². The third-order valence-electron chi connectivity index (χ3n) is 4.05. The fourth-order valence-corrected chi connectivity index (χ4v) is 3.02. The molecule has 1 heterocycles. The van der Waals surface area contributed by atoms with Crippen LogP contribution in [0, 0.1) is 0 Å². The third-order valence-corrected chi connectivity index (χ3v) is 4.05. The van der Waals surface area contributed by atoms with Gasteiger partial charge < -0.3 is 10.7 Å². The van der Waals surface area contributed by atoms with Gasteiger partial charge in [0.1, 0.15) is 5.82 Å². The molecule has 0 fully saturated rings. The molecular formula is C20H16N2. The highest BCUT2D eigenvalue weighted by molar-refractivity contribution is 6.03. The number of aromatic amines is 1. The van der Waals surface area contributed by atoms with E-state index in [2.05, 4.69) is 59.6 Å². The summed E-state index contributed by atoms with van der Waals surface area (Å²) in [6.45, 7) is 0. The van der Waals surface area contributed by atoms with Gasteiger partial charge in [0.25, 0.3) is 0 Å². The number of nitrogens with two attached hydrogens (primary N) is 1. The smallest absolute Gasteiger partial charge is 0.109 e. The first kappa shape index (κ1) is 12.7. The molecule has 4 aromatic rings. The van der Waals surface area contributed by atoms with Crippen LogP contribution in [-0.4, -0.2) is 4.98 Å². The molecule has 0 saturated carbocycles. The van der Waals surface area contributed by atoms with E-state index in [1.807, 2.05) is 24.4 Å². The number of nitrogens with one attached hydrogen (secondary N) is 1. The Morgan fingerprint density at radius 3 is 2.27 bits per heavy atom. The molecule has 3 N–H and O–H groups in total.